The summed E-state index contributed by atoms with van der Waals surface area (Å²) < 4.78 is 43.7. The molecule has 1 heterocycles. The Hall–Kier alpha value is -4.25. The number of azide groups is 1. The van der Waals surface area contributed by atoms with Gasteiger partial charge in [-0.05, 0) is 45.5 Å². The highest BCUT2D eigenvalue weighted by Gasteiger charge is 2.48. The molecule has 0 radical (unpaired) electrons. The molecule has 0 aromatic heterocycles. The predicted molar refractivity (Wildman–Crippen MR) is 176 cm³/mol. The summed E-state index contributed by atoms with van der Waals surface area (Å²) in [7, 11) is 3.24. The second-order valence-corrected chi connectivity index (χ2v) is 11.1. The summed E-state index contributed by atoms with van der Waals surface area (Å²) in [6.45, 7) is 1.80. The van der Waals surface area contributed by atoms with Crippen LogP contribution in [0.25, 0.3) is 10.4 Å². The van der Waals surface area contributed by atoms with E-state index in [2.05, 4.69) is 10.0 Å². The minimum atomic E-state index is -0.735. The molecule has 47 heavy (non-hydrogen) atoms. The maximum Gasteiger partial charge on any atom is 0.186 e. The summed E-state index contributed by atoms with van der Waals surface area (Å²) in [5.41, 5.74) is 13.6. The fourth-order valence-corrected chi connectivity index (χ4v) is 5.44. The van der Waals surface area contributed by atoms with Gasteiger partial charge in [0.25, 0.3) is 0 Å². The van der Waals surface area contributed by atoms with Gasteiger partial charge in [-0.25, -0.2) is 0 Å². The van der Waals surface area contributed by atoms with Gasteiger partial charge in [-0.1, -0.05) is 102 Å². The molecule has 0 saturated carbocycles. The van der Waals surface area contributed by atoms with Crippen LogP contribution in [0.4, 0.5) is 0 Å². The smallest absolute Gasteiger partial charge is 0.186 e. The van der Waals surface area contributed by atoms with E-state index in [-0.39, 0.29) is 19.8 Å². The molecule has 0 spiro atoms. The lowest BCUT2D eigenvalue weighted by atomic mass is 9.97. The molecule has 1 aliphatic heterocycles. The highest BCUT2D eigenvalue weighted by molar-refractivity contribution is 5.27. The number of benzene rings is 4. The molecule has 0 bridgehead atoms. The van der Waals surface area contributed by atoms with Gasteiger partial charge in [0.1, 0.15) is 30.2 Å². The zero-order chi connectivity index (χ0) is 32.7. The van der Waals surface area contributed by atoms with E-state index in [0.29, 0.717) is 19.8 Å². The molecule has 0 N–H and O–H groups in total. The summed E-state index contributed by atoms with van der Waals surface area (Å²) in [5, 5.41) is 3.70. The van der Waals surface area contributed by atoms with E-state index in [1.54, 1.807) is 14.2 Å². The Labute approximate surface area is 275 Å². The second kappa shape index (κ2) is 18.2. The minimum absolute atomic E-state index is 0.226. The first kappa shape index (κ1) is 34.1. The number of ether oxygens (including phenoxy) is 7. The van der Waals surface area contributed by atoms with Crippen molar-refractivity contribution in [3.05, 3.63) is 147 Å². The Balaban J connectivity index is 1.39. The van der Waals surface area contributed by atoms with E-state index in [0.717, 1.165) is 33.6 Å². The van der Waals surface area contributed by atoms with Crippen LogP contribution < -0.4 is 4.74 Å². The van der Waals surface area contributed by atoms with Crippen molar-refractivity contribution in [3.63, 3.8) is 0 Å². The summed E-state index contributed by atoms with van der Waals surface area (Å²) in [6, 6.07) is 35.5. The van der Waals surface area contributed by atoms with Gasteiger partial charge in [-0.3, -0.25) is 0 Å². The van der Waals surface area contributed by atoms with Crippen LogP contribution >= 0.6 is 0 Å². The van der Waals surface area contributed by atoms with Crippen LogP contribution in [-0.4, -0.2) is 51.5 Å². The van der Waals surface area contributed by atoms with Crippen molar-refractivity contribution in [2.75, 3.05) is 20.8 Å². The van der Waals surface area contributed by atoms with Gasteiger partial charge in [0, 0.05) is 12.0 Å². The summed E-state index contributed by atoms with van der Waals surface area (Å²) >= 11 is 0. The zero-order valence-electron chi connectivity index (χ0n) is 26.7. The van der Waals surface area contributed by atoms with Crippen molar-refractivity contribution in [2.45, 2.75) is 63.7 Å². The molecule has 4 aromatic rings. The molecule has 4 aromatic carbocycles. The topological polar surface area (TPSA) is 113 Å². The molecule has 10 nitrogen and oxygen atoms in total. The predicted octanol–water partition coefficient (Wildman–Crippen LogP) is 7.15. The van der Waals surface area contributed by atoms with E-state index < -0.39 is 30.7 Å². The van der Waals surface area contributed by atoms with Crippen LogP contribution in [0, 0.1) is 0 Å². The van der Waals surface area contributed by atoms with E-state index >= 15 is 0 Å². The number of nitrogens with zero attached hydrogens (tertiary/aromatic N) is 3. The largest absolute Gasteiger partial charge is 0.497 e. The van der Waals surface area contributed by atoms with Gasteiger partial charge in [0.2, 0.25) is 0 Å². The van der Waals surface area contributed by atoms with Gasteiger partial charge in [0.05, 0.1) is 46.7 Å². The lowest BCUT2D eigenvalue weighted by Gasteiger charge is -2.45. The van der Waals surface area contributed by atoms with Crippen LogP contribution in [0.5, 0.6) is 5.75 Å². The molecule has 0 unspecified atom stereocenters. The molecule has 1 fully saturated rings. The minimum Gasteiger partial charge on any atom is -0.497 e. The van der Waals surface area contributed by atoms with Crippen molar-refractivity contribution in [1.29, 1.82) is 0 Å². The monoisotopic (exact) mass is 639 g/mol. The first-order valence-electron chi connectivity index (χ1n) is 15.6. The number of rotatable bonds is 17. The molecule has 1 saturated heterocycles. The van der Waals surface area contributed by atoms with Crippen LogP contribution in [0.1, 0.15) is 27.8 Å². The van der Waals surface area contributed by atoms with E-state index in [4.69, 9.17) is 38.7 Å². The van der Waals surface area contributed by atoms with Crippen molar-refractivity contribution in [3.8, 4) is 5.75 Å². The molecular formula is C37H41N3O7. The van der Waals surface area contributed by atoms with E-state index in [9.17, 15) is 0 Å². The average Bonchev–Trinajstić information content (AvgIpc) is 3.13. The molecule has 5 rings (SSSR count). The molecule has 10 heteroatoms. The lowest BCUT2D eigenvalue weighted by Crippen LogP contribution is -2.61. The maximum absolute atomic E-state index is 8.78. The van der Waals surface area contributed by atoms with Gasteiger partial charge >= 0.3 is 0 Å². The molecule has 5 atom stereocenters. The van der Waals surface area contributed by atoms with Gasteiger partial charge in [-0.2, -0.15) is 0 Å². The Morgan fingerprint density at radius 3 is 1.85 bits per heavy atom. The molecule has 0 amide bonds. The summed E-state index contributed by atoms with van der Waals surface area (Å²) in [4.78, 5) is 2.88. The first-order valence-corrected chi connectivity index (χ1v) is 15.6. The maximum atomic E-state index is 8.78. The standard InChI is InChI=1S/C37H41N3O7/c1-41-32-18-16-29(17-19-32)22-43-26-33-34(44-25-31-15-9-14-30(20-31)21-39-40-38)35(45-23-27-10-5-3-6-11-27)36(37(42-2)47-33)46-24-28-12-7-4-8-13-28/h3-20,33-37H,21-26H2,1-2H3/t33-,34-,35+,36-,37+/m1/s1. The Kier molecular flexibility index (Phi) is 13.2. The molecule has 0 aliphatic carbocycles. The van der Waals surface area contributed by atoms with Crippen molar-refractivity contribution < 1.29 is 33.2 Å². The third-order valence-corrected chi connectivity index (χ3v) is 7.85. The van der Waals surface area contributed by atoms with Crippen LogP contribution in [0.3, 0.4) is 0 Å². The molecule has 1 aliphatic rings. The Morgan fingerprint density at radius 1 is 0.638 bits per heavy atom. The first-order chi connectivity index (χ1) is 23.2. The van der Waals surface area contributed by atoms with Crippen LogP contribution in [0.2, 0.25) is 0 Å². The lowest BCUT2D eigenvalue weighted by molar-refractivity contribution is -0.323. The third-order valence-electron chi connectivity index (χ3n) is 7.85. The quantitative estimate of drug-likeness (QED) is 0.0685. The van der Waals surface area contributed by atoms with Gasteiger partial charge in [-0.15, -0.1) is 0 Å². The number of methoxy groups -OCH3 is 2. The van der Waals surface area contributed by atoms with Gasteiger partial charge < -0.3 is 33.2 Å². The fourth-order valence-electron chi connectivity index (χ4n) is 5.44. The fraction of sp³-hybridized carbons (Fsp3) is 0.351. The summed E-state index contributed by atoms with van der Waals surface area (Å²) in [6.07, 6.45) is -3.04. The second-order valence-electron chi connectivity index (χ2n) is 11.1. The normalized spacial score (nSPS) is 20.8. The number of hydrogen-bond acceptors (Lipinski definition) is 8. The Morgan fingerprint density at radius 2 is 1.21 bits per heavy atom. The Bertz CT molecular complexity index is 1530. The molecule has 246 valence electrons. The highest BCUT2D eigenvalue weighted by atomic mass is 16.7. The van der Waals surface area contributed by atoms with Crippen molar-refractivity contribution in [1.82, 2.24) is 0 Å². The number of hydrogen-bond donors (Lipinski definition) is 0. The van der Waals surface area contributed by atoms with E-state index in [1.807, 2.05) is 109 Å². The van der Waals surface area contributed by atoms with Crippen molar-refractivity contribution >= 4 is 0 Å². The van der Waals surface area contributed by atoms with E-state index in [1.165, 1.54) is 0 Å². The average molecular weight is 640 g/mol. The third kappa shape index (κ3) is 10.1. The molecular weight excluding hydrogens is 598 g/mol. The van der Waals surface area contributed by atoms with Crippen molar-refractivity contribution in [2.24, 2.45) is 5.11 Å². The van der Waals surface area contributed by atoms with Crippen LogP contribution in [-0.2, 0) is 61.4 Å². The van der Waals surface area contributed by atoms with Crippen LogP contribution in [0.15, 0.2) is 114 Å². The van der Waals surface area contributed by atoms with Gasteiger partial charge in [0.15, 0.2) is 6.29 Å². The summed E-state index contributed by atoms with van der Waals surface area (Å²) in [5.74, 6) is 0.782. The zero-order valence-corrected chi connectivity index (χ0v) is 26.7. The highest BCUT2D eigenvalue weighted by Crippen LogP contribution is 2.31. The SMILES string of the molecule is COc1ccc(COC[C@H]2O[C@H](OC)[C@H](OCc3ccccc3)[C@@H](OCc3ccccc3)[C@@H]2OCc2cccc(CN=[N+]=[N-])c2)cc1.